The van der Waals surface area contributed by atoms with Crippen molar-refractivity contribution in [3.8, 4) is 0 Å². The molecule has 0 spiro atoms. The normalized spacial score (nSPS) is 13.4. The summed E-state index contributed by atoms with van der Waals surface area (Å²) in [6.07, 6.45) is -1.36. The summed E-state index contributed by atoms with van der Waals surface area (Å²) in [6.45, 7) is 3.95. The van der Waals surface area contributed by atoms with Gasteiger partial charge in [-0.25, -0.2) is 9.59 Å². The van der Waals surface area contributed by atoms with Gasteiger partial charge < -0.3 is 15.3 Å². The summed E-state index contributed by atoms with van der Waals surface area (Å²) in [4.78, 5) is 22.2. The van der Waals surface area contributed by atoms with Gasteiger partial charge in [0.05, 0.1) is 6.61 Å². The smallest absolute Gasteiger partial charge is 0.408 e. The van der Waals surface area contributed by atoms with Crippen molar-refractivity contribution in [2.75, 3.05) is 6.61 Å². The molecule has 0 aliphatic carbocycles. The number of aliphatic hydroxyl groups excluding tert-OH is 1. The Morgan fingerprint density at radius 1 is 1.29 bits per heavy atom. The molecular weight excluding hydrogens is 190 g/mol. The molecular formula is C8H15NO5. The van der Waals surface area contributed by atoms with Crippen molar-refractivity contribution in [1.29, 1.82) is 0 Å². The van der Waals surface area contributed by atoms with Crippen LogP contribution in [0, 0.1) is 0 Å². The number of hydrogen-bond donors (Lipinski definition) is 3. The van der Waals surface area contributed by atoms with Crippen LogP contribution in [0.25, 0.3) is 0 Å². The quantitative estimate of drug-likeness (QED) is 0.611. The van der Waals surface area contributed by atoms with Crippen molar-refractivity contribution in [3.63, 3.8) is 0 Å². The second-order valence-electron chi connectivity index (χ2n) is 3.86. The lowest BCUT2D eigenvalue weighted by atomic mass is 10.0. The van der Waals surface area contributed by atoms with Crippen LogP contribution >= 0.6 is 0 Å². The van der Waals surface area contributed by atoms with Gasteiger partial charge in [0.25, 0.3) is 0 Å². The molecule has 0 heterocycles. The average molecular weight is 205 g/mol. The summed E-state index contributed by atoms with van der Waals surface area (Å²) in [5.74, 6) is -1.36. The van der Waals surface area contributed by atoms with Crippen molar-refractivity contribution in [2.45, 2.75) is 32.4 Å². The zero-order valence-corrected chi connectivity index (χ0v) is 8.39. The molecule has 0 bridgehead atoms. The number of carboxylic acids is 1. The molecule has 0 unspecified atom stereocenters. The van der Waals surface area contributed by atoms with Crippen molar-refractivity contribution in [2.24, 2.45) is 0 Å². The number of nitrogens with zero attached hydrogens (tertiary/aromatic N) is 1. The van der Waals surface area contributed by atoms with Crippen molar-refractivity contribution in [3.05, 3.63) is 0 Å². The van der Waals surface area contributed by atoms with Crippen LogP contribution in [0.1, 0.15) is 20.8 Å². The maximum atomic E-state index is 10.8. The highest BCUT2D eigenvalue weighted by Gasteiger charge is 2.36. The van der Waals surface area contributed by atoms with Crippen LogP contribution in [0.2, 0.25) is 0 Å². The number of aliphatic hydroxyl groups is 1. The van der Waals surface area contributed by atoms with Crippen molar-refractivity contribution < 1.29 is 24.9 Å². The van der Waals surface area contributed by atoms with E-state index in [9.17, 15) is 9.59 Å². The lowest BCUT2D eigenvalue weighted by Gasteiger charge is -2.36. The lowest BCUT2D eigenvalue weighted by Crippen LogP contribution is -2.55. The molecule has 0 radical (unpaired) electrons. The fraction of sp³-hybridized carbons (Fsp3) is 0.750. The molecule has 0 saturated carbocycles. The maximum absolute atomic E-state index is 10.8. The Morgan fingerprint density at radius 2 is 1.71 bits per heavy atom. The number of carboxylic acid groups (broad SMARTS) is 2. The Hall–Kier alpha value is -1.30. The van der Waals surface area contributed by atoms with Gasteiger partial charge in [-0.3, -0.25) is 4.90 Å². The average Bonchev–Trinajstić information content (AvgIpc) is 1.95. The Bertz CT molecular complexity index is 232. The zero-order valence-electron chi connectivity index (χ0n) is 8.39. The van der Waals surface area contributed by atoms with Gasteiger partial charge >= 0.3 is 12.1 Å². The Kier molecular flexibility index (Phi) is 3.88. The highest BCUT2D eigenvalue weighted by Crippen LogP contribution is 2.17. The second-order valence-corrected chi connectivity index (χ2v) is 3.86. The van der Waals surface area contributed by atoms with Gasteiger partial charge in [-0.05, 0) is 20.8 Å². The first-order valence-electron chi connectivity index (χ1n) is 4.07. The van der Waals surface area contributed by atoms with Gasteiger partial charge in [0.1, 0.15) is 0 Å². The number of aliphatic carboxylic acids is 1. The number of amides is 1. The predicted octanol–water partition coefficient (Wildman–Crippen LogP) is 0.210. The third-order valence-corrected chi connectivity index (χ3v) is 1.70. The molecule has 0 rings (SSSR count). The molecule has 0 aromatic rings. The molecule has 1 amide bonds. The third-order valence-electron chi connectivity index (χ3n) is 1.70. The van der Waals surface area contributed by atoms with Gasteiger partial charge in [-0.2, -0.15) is 0 Å². The van der Waals surface area contributed by atoms with E-state index in [1.807, 2.05) is 0 Å². The molecule has 0 aromatic carbocycles. The van der Waals surface area contributed by atoms with Crippen LogP contribution in [0.15, 0.2) is 0 Å². The van der Waals surface area contributed by atoms with E-state index < -0.39 is 30.3 Å². The molecule has 0 aromatic heterocycles. The van der Waals surface area contributed by atoms with E-state index >= 15 is 0 Å². The minimum Gasteiger partial charge on any atom is -0.480 e. The molecule has 0 aliphatic rings. The fourth-order valence-electron chi connectivity index (χ4n) is 1.16. The van der Waals surface area contributed by atoms with Gasteiger partial charge in [-0.1, -0.05) is 0 Å². The first kappa shape index (κ1) is 12.7. The monoisotopic (exact) mass is 205 g/mol. The van der Waals surface area contributed by atoms with Crippen LogP contribution < -0.4 is 0 Å². The van der Waals surface area contributed by atoms with E-state index in [2.05, 4.69) is 0 Å². The Balaban J connectivity index is 4.99. The number of carbonyl (C=O) groups is 2. The van der Waals surface area contributed by atoms with Gasteiger partial charge in [0.2, 0.25) is 0 Å². The molecule has 1 atom stereocenters. The van der Waals surface area contributed by atoms with E-state index in [1.54, 1.807) is 20.8 Å². The molecule has 6 heteroatoms. The minimum absolute atomic E-state index is 0.718. The van der Waals surface area contributed by atoms with E-state index in [1.165, 1.54) is 0 Å². The van der Waals surface area contributed by atoms with E-state index in [-0.39, 0.29) is 0 Å². The second kappa shape index (κ2) is 4.28. The molecule has 0 aliphatic heterocycles. The van der Waals surface area contributed by atoms with Crippen LogP contribution in [0.4, 0.5) is 4.79 Å². The lowest BCUT2D eigenvalue weighted by molar-refractivity contribution is -0.146. The van der Waals surface area contributed by atoms with Crippen LogP contribution in [0.3, 0.4) is 0 Å². The predicted molar refractivity (Wildman–Crippen MR) is 48.1 cm³/mol. The highest BCUT2D eigenvalue weighted by molar-refractivity contribution is 5.79. The van der Waals surface area contributed by atoms with Gasteiger partial charge in [0, 0.05) is 5.54 Å². The molecule has 14 heavy (non-hydrogen) atoms. The van der Waals surface area contributed by atoms with Crippen molar-refractivity contribution >= 4 is 12.1 Å². The SMILES string of the molecule is CC(C)(C)N(C(=O)O)[C@H](CO)C(=O)O. The standard InChI is InChI=1S/C8H15NO5/c1-8(2,3)9(7(13)14)5(4-10)6(11)12/h5,10H,4H2,1-3H3,(H,11,12)(H,13,14)/t5-/m1/s1. The zero-order chi connectivity index (χ0) is 11.5. The highest BCUT2D eigenvalue weighted by atomic mass is 16.4. The van der Waals surface area contributed by atoms with Crippen LogP contribution in [-0.2, 0) is 4.79 Å². The fourth-order valence-corrected chi connectivity index (χ4v) is 1.16. The summed E-state index contributed by atoms with van der Waals surface area (Å²) in [5.41, 5.74) is -0.863. The first-order valence-corrected chi connectivity index (χ1v) is 4.07. The molecule has 0 fully saturated rings. The van der Waals surface area contributed by atoms with Gasteiger partial charge in [-0.15, -0.1) is 0 Å². The number of rotatable bonds is 3. The first-order chi connectivity index (χ1) is 6.21. The van der Waals surface area contributed by atoms with Crippen LogP contribution in [-0.4, -0.2) is 50.5 Å². The van der Waals surface area contributed by atoms with E-state index in [0.717, 1.165) is 4.90 Å². The summed E-state index contributed by atoms with van der Waals surface area (Å²) in [7, 11) is 0. The third kappa shape index (κ3) is 2.88. The molecule has 82 valence electrons. The topological polar surface area (TPSA) is 98.1 Å². The summed E-state index contributed by atoms with van der Waals surface area (Å²) in [6, 6.07) is -1.42. The summed E-state index contributed by atoms with van der Waals surface area (Å²) in [5, 5.41) is 26.3. The Labute approximate surface area is 81.8 Å². The Morgan fingerprint density at radius 3 is 1.79 bits per heavy atom. The van der Waals surface area contributed by atoms with Crippen molar-refractivity contribution in [1.82, 2.24) is 4.90 Å². The molecule has 0 saturated heterocycles. The van der Waals surface area contributed by atoms with E-state index in [0.29, 0.717) is 0 Å². The minimum atomic E-state index is -1.42. The molecule has 3 N–H and O–H groups in total. The molecule has 6 nitrogen and oxygen atoms in total. The largest absolute Gasteiger partial charge is 0.480 e. The summed E-state index contributed by atoms with van der Waals surface area (Å²) < 4.78 is 0. The number of hydrogen-bond acceptors (Lipinski definition) is 3. The summed E-state index contributed by atoms with van der Waals surface area (Å²) >= 11 is 0. The van der Waals surface area contributed by atoms with E-state index in [4.69, 9.17) is 15.3 Å². The van der Waals surface area contributed by atoms with Crippen LogP contribution in [0.5, 0.6) is 0 Å². The maximum Gasteiger partial charge on any atom is 0.408 e. The van der Waals surface area contributed by atoms with Gasteiger partial charge in [0.15, 0.2) is 6.04 Å².